The summed E-state index contributed by atoms with van der Waals surface area (Å²) >= 11 is 0. The van der Waals surface area contributed by atoms with Gasteiger partial charge in [0.1, 0.15) is 6.04 Å². The number of carboxylic acid groups (broad SMARTS) is 1. The van der Waals surface area contributed by atoms with Gasteiger partial charge >= 0.3 is 5.97 Å². The first-order valence-electron chi connectivity index (χ1n) is 5.84. The Bertz CT molecular complexity index is 281. The van der Waals surface area contributed by atoms with Crippen LogP contribution in [0.2, 0.25) is 0 Å². The van der Waals surface area contributed by atoms with Gasteiger partial charge in [0.15, 0.2) is 0 Å². The number of unbranched alkanes of at least 4 members (excludes halogenated alkanes) is 1. The Hall–Kier alpha value is -1.62. The zero-order valence-corrected chi connectivity index (χ0v) is 10.8. The van der Waals surface area contributed by atoms with E-state index in [9.17, 15) is 9.59 Å². The highest BCUT2D eigenvalue weighted by Crippen LogP contribution is 1.99. The zero-order valence-electron chi connectivity index (χ0n) is 10.8. The van der Waals surface area contributed by atoms with Crippen molar-refractivity contribution in [1.82, 2.24) is 5.32 Å². The van der Waals surface area contributed by atoms with Crippen molar-refractivity contribution in [3.05, 3.63) is 0 Å². The van der Waals surface area contributed by atoms with Crippen LogP contribution >= 0.6 is 0 Å². The molecule has 6 N–H and O–H groups in total. The summed E-state index contributed by atoms with van der Waals surface area (Å²) in [4.78, 5) is 21.5. The molecule has 0 aromatic heterocycles. The van der Waals surface area contributed by atoms with Gasteiger partial charge in [-0.15, -0.1) is 12.8 Å². The van der Waals surface area contributed by atoms with E-state index in [0.29, 0.717) is 25.8 Å². The van der Waals surface area contributed by atoms with Gasteiger partial charge in [-0.05, 0) is 19.3 Å². The van der Waals surface area contributed by atoms with Gasteiger partial charge in [-0.25, -0.2) is 0 Å². The molecular formula is C12H22N2O5. The fourth-order valence-electron chi connectivity index (χ4n) is 1.18. The van der Waals surface area contributed by atoms with Gasteiger partial charge in [-0.1, -0.05) is 0 Å². The summed E-state index contributed by atoms with van der Waals surface area (Å²) < 4.78 is 0. The lowest BCUT2D eigenvalue weighted by Crippen LogP contribution is -2.37. The molecule has 0 aliphatic heterocycles. The molecule has 0 saturated carbocycles. The maximum absolute atomic E-state index is 11.2. The second kappa shape index (κ2) is 12.8. The Labute approximate surface area is 112 Å². The molecule has 0 fully saturated rings. The van der Waals surface area contributed by atoms with E-state index in [-0.39, 0.29) is 13.0 Å². The molecule has 0 saturated heterocycles. The molecule has 2 atom stereocenters. The lowest BCUT2D eigenvalue weighted by atomic mass is 10.1. The number of carbonyl (C=O) groups excluding carboxylic acids is 1. The average molecular weight is 274 g/mol. The number of hydrogen-bond donors (Lipinski definition) is 5. The molecule has 0 heterocycles. The van der Waals surface area contributed by atoms with E-state index in [4.69, 9.17) is 21.1 Å². The van der Waals surface area contributed by atoms with Crippen LogP contribution in [-0.2, 0) is 9.59 Å². The lowest BCUT2D eigenvalue weighted by molar-refractivity contribution is -0.140. The topological polar surface area (TPSA) is 133 Å². The van der Waals surface area contributed by atoms with Gasteiger partial charge in [-0.2, -0.15) is 0 Å². The van der Waals surface area contributed by atoms with Crippen LogP contribution in [0.4, 0.5) is 0 Å². The highest BCUT2D eigenvalue weighted by atomic mass is 16.4. The Kier molecular flexibility index (Phi) is 13.3. The third-order valence-corrected chi connectivity index (χ3v) is 2.22. The third-order valence-electron chi connectivity index (χ3n) is 2.22. The smallest absolute Gasteiger partial charge is 0.321 e. The highest BCUT2D eigenvalue weighted by Gasteiger charge is 2.15. The molecule has 2 unspecified atom stereocenters. The molecule has 0 aromatic carbocycles. The normalized spacial score (nSPS) is 12.7. The number of carboxylic acids is 1. The Morgan fingerprint density at radius 2 is 1.84 bits per heavy atom. The minimum absolute atomic E-state index is 0.241. The quantitative estimate of drug-likeness (QED) is 0.261. The van der Waals surface area contributed by atoms with Crippen molar-refractivity contribution in [1.29, 1.82) is 0 Å². The fraction of sp³-hybridized carbons (Fsp3) is 0.667. The average Bonchev–Trinajstić information content (AvgIpc) is 2.40. The van der Waals surface area contributed by atoms with E-state index in [1.807, 2.05) is 0 Å². The van der Waals surface area contributed by atoms with E-state index in [1.54, 1.807) is 0 Å². The van der Waals surface area contributed by atoms with Crippen LogP contribution in [0.5, 0.6) is 0 Å². The molecule has 0 radical (unpaired) electrons. The first kappa shape index (κ1) is 19.7. The first-order chi connectivity index (χ1) is 8.97. The third kappa shape index (κ3) is 12.6. The number of rotatable bonds is 9. The first-order valence-corrected chi connectivity index (χ1v) is 5.84. The SMILES string of the molecule is C#C.NC(CC(=O)NCCCCC(O)CO)C(=O)O. The predicted molar refractivity (Wildman–Crippen MR) is 70.1 cm³/mol. The van der Waals surface area contributed by atoms with Crippen LogP contribution in [0, 0.1) is 12.8 Å². The number of nitrogens with two attached hydrogens (primary N) is 1. The van der Waals surface area contributed by atoms with Crippen LogP contribution in [0.25, 0.3) is 0 Å². The molecule has 0 spiro atoms. The molecule has 0 aliphatic rings. The molecule has 19 heavy (non-hydrogen) atoms. The number of hydrogen-bond acceptors (Lipinski definition) is 5. The van der Waals surface area contributed by atoms with Crippen LogP contribution < -0.4 is 11.1 Å². The molecule has 0 aromatic rings. The summed E-state index contributed by atoms with van der Waals surface area (Å²) in [7, 11) is 0. The second-order valence-electron chi connectivity index (χ2n) is 3.83. The number of aliphatic carboxylic acids is 1. The summed E-state index contributed by atoms with van der Waals surface area (Å²) in [6, 6.07) is -1.17. The molecule has 0 bridgehead atoms. The van der Waals surface area contributed by atoms with Gasteiger partial charge in [0.05, 0.1) is 19.1 Å². The van der Waals surface area contributed by atoms with E-state index >= 15 is 0 Å². The van der Waals surface area contributed by atoms with Gasteiger partial charge < -0.3 is 26.4 Å². The van der Waals surface area contributed by atoms with E-state index in [2.05, 4.69) is 18.2 Å². The van der Waals surface area contributed by atoms with E-state index in [0.717, 1.165) is 0 Å². The molecule has 0 rings (SSSR count). The van der Waals surface area contributed by atoms with Crippen molar-refractivity contribution < 1.29 is 24.9 Å². The molecular weight excluding hydrogens is 252 g/mol. The summed E-state index contributed by atoms with van der Waals surface area (Å²) in [5.41, 5.74) is 5.18. The van der Waals surface area contributed by atoms with Crippen LogP contribution in [-0.4, -0.2) is 52.5 Å². The molecule has 0 aliphatic carbocycles. The zero-order chi connectivity index (χ0) is 15.3. The van der Waals surface area contributed by atoms with Crippen LogP contribution in [0.15, 0.2) is 0 Å². The fourth-order valence-corrected chi connectivity index (χ4v) is 1.18. The van der Waals surface area contributed by atoms with Crippen molar-refractivity contribution in [3.63, 3.8) is 0 Å². The maximum atomic E-state index is 11.2. The van der Waals surface area contributed by atoms with Gasteiger partial charge in [0, 0.05) is 6.54 Å². The molecule has 1 amide bonds. The molecule has 110 valence electrons. The highest BCUT2D eigenvalue weighted by molar-refractivity contribution is 5.84. The van der Waals surface area contributed by atoms with Crippen molar-refractivity contribution in [2.24, 2.45) is 5.73 Å². The number of carbonyl (C=O) groups is 2. The van der Waals surface area contributed by atoms with Crippen LogP contribution in [0.1, 0.15) is 25.7 Å². The standard InChI is InChI=1S/C10H20N2O5.C2H2/c11-8(10(16)17)5-9(15)12-4-2-1-3-7(14)6-13;1-2/h7-8,13-14H,1-6,11H2,(H,12,15)(H,16,17);1-2H. The Morgan fingerprint density at radius 1 is 1.26 bits per heavy atom. The van der Waals surface area contributed by atoms with Gasteiger partial charge in [0.25, 0.3) is 0 Å². The number of amides is 1. The summed E-state index contributed by atoms with van der Waals surface area (Å²) in [5, 5.41) is 28.6. The monoisotopic (exact) mass is 274 g/mol. The lowest BCUT2D eigenvalue weighted by Gasteiger charge is -2.09. The Balaban J connectivity index is 0. The van der Waals surface area contributed by atoms with Crippen molar-refractivity contribution >= 4 is 11.9 Å². The van der Waals surface area contributed by atoms with Crippen LogP contribution in [0.3, 0.4) is 0 Å². The second-order valence-corrected chi connectivity index (χ2v) is 3.83. The summed E-state index contributed by atoms with van der Waals surface area (Å²) in [6.07, 6.45) is 8.85. The van der Waals surface area contributed by atoms with Gasteiger partial charge in [-0.3, -0.25) is 9.59 Å². The Morgan fingerprint density at radius 3 is 2.32 bits per heavy atom. The van der Waals surface area contributed by atoms with E-state index < -0.39 is 24.0 Å². The largest absolute Gasteiger partial charge is 0.480 e. The summed E-state index contributed by atoms with van der Waals surface area (Å²) in [5.74, 6) is -1.60. The predicted octanol–water partition coefficient (Wildman–Crippen LogP) is -1.32. The van der Waals surface area contributed by atoms with Gasteiger partial charge in [0.2, 0.25) is 5.91 Å². The summed E-state index contributed by atoms with van der Waals surface area (Å²) in [6.45, 7) is 0.142. The number of terminal acetylenes is 1. The number of nitrogens with one attached hydrogen (secondary N) is 1. The minimum atomic E-state index is -1.20. The minimum Gasteiger partial charge on any atom is -0.480 e. The number of aliphatic hydroxyl groups is 2. The van der Waals surface area contributed by atoms with Crippen molar-refractivity contribution in [3.8, 4) is 12.8 Å². The van der Waals surface area contributed by atoms with Crippen molar-refractivity contribution in [2.75, 3.05) is 13.2 Å². The maximum Gasteiger partial charge on any atom is 0.321 e. The van der Waals surface area contributed by atoms with Crippen molar-refractivity contribution in [2.45, 2.75) is 37.8 Å². The molecule has 7 nitrogen and oxygen atoms in total. The van der Waals surface area contributed by atoms with E-state index in [1.165, 1.54) is 0 Å². The molecule has 7 heteroatoms. The number of aliphatic hydroxyl groups excluding tert-OH is 2.